The van der Waals surface area contributed by atoms with Crippen LogP contribution in [-0.4, -0.2) is 11.9 Å². The van der Waals surface area contributed by atoms with E-state index in [1.165, 1.54) is 19.3 Å². The second kappa shape index (κ2) is 4.44. The number of fused-ring (bicyclic) bond motifs is 1. The van der Waals surface area contributed by atoms with Gasteiger partial charge in [-0.1, -0.05) is 30.5 Å². The Morgan fingerprint density at radius 2 is 2.05 bits per heavy atom. The molecule has 1 aromatic carbocycles. The van der Waals surface area contributed by atoms with Crippen LogP contribution in [0.25, 0.3) is 11.1 Å². The number of rotatable bonds is 3. The number of nitrogen functional groups attached to an aromatic ring is 1. The lowest BCUT2D eigenvalue weighted by atomic mass is 9.81. The quantitative estimate of drug-likeness (QED) is 0.930. The summed E-state index contributed by atoms with van der Waals surface area (Å²) in [7, 11) is 0. The highest BCUT2D eigenvalue weighted by Crippen LogP contribution is 2.40. The van der Waals surface area contributed by atoms with Crippen molar-refractivity contribution in [2.45, 2.75) is 25.7 Å². The van der Waals surface area contributed by atoms with Crippen molar-refractivity contribution in [3.05, 3.63) is 23.9 Å². The third-order valence-electron chi connectivity index (χ3n) is 4.16. The Hall–Kier alpha value is -2.17. The number of aromatic nitrogens is 1. The monoisotopic (exact) mass is 272 g/mol. The zero-order chi connectivity index (χ0) is 13.5. The summed E-state index contributed by atoms with van der Waals surface area (Å²) < 4.78 is 15.9. The van der Waals surface area contributed by atoms with E-state index in [1.807, 2.05) is 18.2 Å². The lowest BCUT2D eigenvalue weighted by Gasteiger charge is -2.24. The third-order valence-corrected chi connectivity index (χ3v) is 4.16. The zero-order valence-electron chi connectivity index (χ0n) is 11.1. The molecule has 5 nitrogen and oxygen atoms in total. The molecule has 2 heterocycles. The molecule has 4 rings (SSSR count). The van der Waals surface area contributed by atoms with Crippen LogP contribution in [0.5, 0.6) is 11.5 Å². The molecule has 0 bridgehead atoms. The summed E-state index contributed by atoms with van der Waals surface area (Å²) in [6.45, 7) is 0.271. The fourth-order valence-corrected chi connectivity index (χ4v) is 2.81. The van der Waals surface area contributed by atoms with Gasteiger partial charge in [0.05, 0.1) is 11.3 Å². The van der Waals surface area contributed by atoms with E-state index in [1.54, 1.807) is 0 Å². The van der Waals surface area contributed by atoms with Crippen LogP contribution in [0.15, 0.2) is 22.7 Å². The van der Waals surface area contributed by atoms with Gasteiger partial charge in [-0.2, -0.15) is 0 Å². The van der Waals surface area contributed by atoms with Crippen LogP contribution in [0.2, 0.25) is 0 Å². The van der Waals surface area contributed by atoms with Crippen molar-refractivity contribution in [2.75, 3.05) is 12.5 Å². The highest BCUT2D eigenvalue weighted by molar-refractivity contribution is 5.77. The largest absolute Gasteiger partial charge is 0.454 e. The molecule has 2 N–H and O–H groups in total. The van der Waals surface area contributed by atoms with Crippen LogP contribution in [-0.2, 0) is 6.42 Å². The number of hydrogen-bond acceptors (Lipinski definition) is 5. The first-order valence-electron chi connectivity index (χ1n) is 6.95. The minimum Gasteiger partial charge on any atom is -0.454 e. The Kier molecular flexibility index (Phi) is 2.58. The van der Waals surface area contributed by atoms with Crippen LogP contribution in [0.3, 0.4) is 0 Å². The van der Waals surface area contributed by atoms with Crippen molar-refractivity contribution in [1.29, 1.82) is 0 Å². The van der Waals surface area contributed by atoms with Crippen LogP contribution in [0.4, 0.5) is 5.88 Å². The molecule has 0 saturated heterocycles. The topological polar surface area (TPSA) is 70.5 Å². The lowest BCUT2D eigenvalue weighted by Crippen LogP contribution is -2.14. The van der Waals surface area contributed by atoms with Crippen LogP contribution >= 0.6 is 0 Å². The highest BCUT2D eigenvalue weighted by Gasteiger charge is 2.24. The molecule has 1 saturated carbocycles. The summed E-state index contributed by atoms with van der Waals surface area (Å²) in [6, 6.07) is 5.81. The van der Waals surface area contributed by atoms with Crippen molar-refractivity contribution in [3.63, 3.8) is 0 Å². The molecule has 0 unspecified atom stereocenters. The first-order valence-corrected chi connectivity index (χ1v) is 6.95. The fourth-order valence-electron chi connectivity index (χ4n) is 2.81. The van der Waals surface area contributed by atoms with Gasteiger partial charge in [-0.25, -0.2) is 0 Å². The van der Waals surface area contributed by atoms with Gasteiger partial charge in [0, 0.05) is 0 Å². The summed E-state index contributed by atoms with van der Waals surface area (Å²) in [5.74, 6) is 2.60. The predicted octanol–water partition coefficient (Wildman–Crippen LogP) is 3.00. The zero-order valence-corrected chi connectivity index (χ0v) is 11.1. The van der Waals surface area contributed by atoms with Crippen LogP contribution < -0.4 is 15.2 Å². The molecule has 1 aromatic heterocycles. The van der Waals surface area contributed by atoms with Gasteiger partial charge in [0.15, 0.2) is 11.5 Å². The fraction of sp³-hybridized carbons (Fsp3) is 0.400. The minimum absolute atomic E-state index is 0.271. The Labute approximate surface area is 116 Å². The predicted molar refractivity (Wildman–Crippen MR) is 73.5 cm³/mol. The van der Waals surface area contributed by atoms with Gasteiger partial charge >= 0.3 is 0 Å². The summed E-state index contributed by atoms with van der Waals surface area (Å²) in [6.07, 6.45) is 4.79. The van der Waals surface area contributed by atoms with E-state index < -0.39 is 0 Å². The first-order chi connectivity index (χ1) is 9.81. The number of nitrogens with zero attached hydrogens (tertiary/aromatic N) is 1. The van der Waals surface area contributed by atoms with Crippen molar-refractivity contribution in [1.82, 2.24) is 5.16 Å². The Balaban J connectivity index is 1.71. The lowest BCUT2D eigenvalue weighted by molar-refractivity contribution is 0.174. The van der Waals surface area contributed by atoms with Crippen molar-refractivity contribution < 1.29 is 14.0 Å². The molecule has 0 atom stereocenters. The number of anilines is 1. The van der Waals surface area contributed by atoms with Gasteiger partial charge in [-0.3, -0.25) is 0 Å². The Morgan fingerprint density at radius 3 is 2.85 bits per heavy atom. The molecule has 0 amide bonds. The van der Waals surface area contributed by atoms with Crippen molar-refractivity contribution >= 4 is 5.88 Å². The van der Waals surface area contributed by atoms with Crippen molar-refractivity contribution in [3.8, 4) is 22.6 Å². The number of nitrogens with two attached hydrogens (primary N) is 1. The summed E-state index contributed by atoms with van der Waals surface area (Å²) in [5.41, 5.74) is 8.78. The summed E-state index contributed by atoms with van der Waals surface area (Å²) in [4.78, 5) is 0. The van der Waals surface area contributed by atoms with E-state index >= 15 is 0 Å². The highest BCUT2D eigenvalue weighted by atomic mass is 16.7. The minimum atomic E-state index is 0.271. The molecule has 1 aliphatic heterocycles. The standard InChI is InChI=1S/C15H16N2O3/c16-15-14(11(17-20-15)6-9-2-1-3-9)10-4-5-12-13(7-10)19-8-18-12/h4-5,7,9H,1-3,6,8,16H2. The summed E-state index contributed by atoms with van der Waals surface area (Å²) in [5, 5.41) is 4.14. The second-order valence-corrected chi connectivity index (χ2v) is 5.44. The molecule has 1 aliphatic carbocycles. The molecular weight excluding hydrogens is 256 g/mol. The number of hydrogen-bond donors (Lipinski definition) is 1. The van der Waals surface area contributed by atoms with E-state index in [2.05, 4.69) is 5.16 Å². The molecule has 104 valence electrons. The second-order valence-electron chi connectivity index (χ2n) is 5.44. The van der Waals surface area contributed by atoms with E-state index in [4.69, 9.17) is 19.7 Å². The molecule has 5 heteroatoms. The molecule has 0 spiro atoms. The maximum absolute atomic E-state index is 5.95. The van der Waals surface area contributed by atoms with Crippen LogP contribution in [0, 0.1) is 5.92 Å². The Bertz CT molecular complexity index is 647. The van der Waals surface area contributed by atoms with Gasteiger partial charge in [-0.15, -0.1) is 0 Å². The summed E-state index contributed by atoms with van der Waals surface area (Å²) >= 11 is 0. The molecule has 0 radical (unpaired) electrons. The first kappa shape index (κ1) is 11.6. The van der Waals surface area contributed by atoms with E-state index in [0.29, 0.717) is 11.8 Å². The SMILES string of the molecule is Nc1onc(CC2CCC2)c1-c1ccc2c(c1)OCO2. The molecule has 1 fully saturated rings. The number of benzene rings is 1. The van der Waals surface area contributed by atoms with Gasteiger partial charge in [0.25, 0.3) is 0 Å². The Morgan fingerprint density at radius 1 is 1.20 bits per heavy atom. The van der Waals surface area contributed by atoms with E-state index in [0.717, 1.165) is 34.7 Å². The maximum Gasteiger partial charge on any atom is 0.231 e. The normalized spacial score (nSPS) is 17.2. The van der Waals surface area contributed by atoms with E-state index in [-0.39, 0.29) is 6.79 Å². The van der Waals surface area contributed by atoms with Crippen molar-refractivity contribution in [2.24, 2.45) is 5.92 Å². The molecular formula is C15H16N2O3. The smallest absolute Gasteiger partial charge is 0.231 e. The molecule has 2 aliphatic rings. The molecule has 2 aromatic rings. The van der Waals surface area contributed by atoms with Gasteiger partial charge in [-0.05, 0) is 30.0 Å². The van der Waals surface area contributed by atoms with E-state index in [9.17, 15) is 0 Å². The number of ether oxygens (including phenoxy) is 2. The van der Waals surface area contributed by atoms with Gasteiger partial charge < -0.3 is 19.7 Å². The third kappa shape index (κ3) is 1.81. The van der Waals surface area contributed by atoms with Crippen LogP contribution in [0.1, 0.15) is 25.0 Å². The molecule has 20 heavy (non-hydrogen) atoms. The average molecular weight is 272 g/mol. The average Bonchev–Trinajstić information content (AvgIpc) is 2.99. The maximum atomic E-state index is 5.95. The van der Waals surface area contributed by atoms with Gasteiger partial charge in [0.1, 0.15) is 0 Å². The van der Waals surface area contributed by atoms with Gasteiger partial charge in [0.2, 0.25) is 12.7 Å².